The maximum Gasteiger partial charge on any atom is 0.251 e. The van der Waals surface area contributed by atoms with Crippen molar-refractivity contribution in [2.75, 3.05) is 26.2 Å². The van der Waals surface area contributed by atoms with Crippen LogP contribution in [0, 0.1) is 11.3 Å². The standard InChI is InChI=1S/C33H41N9O3/c1-4-25(37-20-29(43)42-15-7-8-26(42)19-34)18-33(32-38-40-41-39-32)27-13-11-23(30(44)35-5-2)16-21(27)9-10-22-17-24(12-14-28(22)33)31(45)36-6-3/h11-14,16-17,25-26,37H,4-10,15,18,20H2,1-3H3,(H,35,44)(H,36,45)(H,38,39,40,41)/t25-,26?/m0/s1. The van der Waals surface area contributed by atoms with Crippen molar-refractivity contribution in [1.82, 2.24) is 41.5 Å². The van der Waals surface area contributed by atoms with Gasteiger partial charge in [0.25, 0.3) is 11.8 Å². The van der Waals surface area contributed by atoms with Crippen molar-refractivity contribution in [2.24, 2.45) is 0 Å². The van der Waals surface area contributed by atoms with Crippen LogP contribution in [0.3, 0.4) is 0 Å². The molecule has 5 rings (SSSR count). The summed E-state index contributed by atoms with van der Waals surface area (Å²) in [5.41, 5.74) is 4.18. The van der Waals surface area contributed by atoms with Gasteiger partial charge in [-0.15, -0.1) is 5.10 Å². The molecule has 1 unspecified atom stereocenters. The molecule has 1 fully saturated rings. The molecule has 2 atom stereocenters. The third-order valence-corrected chi connectivity index (χ3v) is 9.05. The Hall–Kier alpha value is -4.63. The summed E-state index contributed by atoms with van der Waals surface area (Å²) in [4.78, 5) is 40.6. The minimum absolute atomic E-state index is 0.0901. The Bertz CT molecular complexity index is 1510. The zero-order valence-electron chi connectivity index (χ0n) is 26.2. The number of nitriles is 1. The molecule has 2 aliphatic rings. The van der Waals surface area contributed by atoms with E-state index in [1.807, 2.05) is 50.2 Å². The molecule has 3 amide bonds. The highest BCUT2D eigenvalue weighted by molar-refractivity contribution is 5.95. The lowest BCUT2D eigenvalue weighted by Crippen LogP contribution is -2.46. The number of hydrogen-bond donors (Lipinski definition) is 4. The number of H-pyrrole nitrogens is 1. The molecule has 1 aromatic heterocycles. The summed E-state index contributed by atoms with van der Waals surface area (Å²) < 4.78 is 0. The zero-order valence-corrected chi connectivity index (χ0v) is 26.2. The summed E-state index contributed by atoms with van der Waals surface area (Å²) in [6.07, 6.45) is 4.02. The first-order valence-electron chi connectivity index (χ1n) is 15.9. The second-order valence-electron chi connectivity index (χ2n) is 11.7. The van der Waals surface area contributed by atoms with Gasteiger partial charge in [-0.1, -0.05) is 19.1 Å². The van der Waals surface area contributed by atoms with Crippen molar-refractivity contribution in [1.29, 1.82) is 5.26 Å². The quantitative estimate of drug-likeness (QED) is 0.256. The van der Waals surface area contributed by atoms with Gasteiger partial charge in [-0.05, 0) is 109 Å². The van der Waals surface area contributed by atoms with Crippen LogP contribution in [-0.4, -0.2) is 81.5 Å². The normalized spacial score (nSPS) is 17.4. The molecule has 0 saturated carbocycles. The number of rotatable bonds is 11. The molecule has 236 valence electrons. The number of aryl methyl sites for hydroxylation is 2. The lowest BCUT2D eigenvalue weighted by Gasteiger charge is -2.37. The van der Waals surface area contributed by atoms with Crippen LogP contribution < -0.4 is 16.0 Å². The lowest BCUT2D eigenvalue weighted by atomic mass is 9.67. The van der Waals surface area contributed by atoms with Crippen LogP contribution in [0.1, 0.15) is 95.2 Å². The fraction of sp³-hybridized carbons (Fsp3) is 0.485. The third kappa shape index (κ3) is 6.31. The van der Waals surface area contributed by atoms with E-state index in [-0.39, 0.29) is 36.3 Å². The number of nitrogens with zero attached hydrogens (tertiary/aromatic N) is 5. The van der Waals surface area contributed by atoms with E-state index in [0.717, 1.165) is 28.7 Å². The van der Waals surface area contributed by atoms with Gasteiger partial charge < -0.3 is 20.9 Å². The van der Waals surface area contributed by atoms with Crippen molar-refractivity contribution in [3.8, 4) is 6.07 Å². The third-order valence-electron chi connectivity index (χ3n) is 9.05. The number of aromatic nitrogens is 4. The van der Waals surface area contributed by atoms with E-state index in [1.54, 1.807) is 4.90 Å². The van der Waals surface area contributed by atoms with Gasteiger partial charge in [0.15, 0.2) is 5.82 Å². The van der Waals surface area contributed by atoms with Gasteiger partial charge in [-0.25, -0.2) is 5.10 Å². The maximum atomic E-state index is 13.2. The number of benzene rings is 2. The fourth-order valence-corrected chi connectivity index (χ4v) is 6.83. The molecule has 0 radical (unpaired) electrons. The second kappa shape index (κ2) is 14.0. The number of nitrogens with one attached hydrogen (secondary N) is 4. The van der Waals surface area contributed by atoms with E-state index >= 15 is 0 Å². The summed E-state index contributed by atoms with van der Waals surface area (Å²) in [7, 11) is 0. The van der Waals surface area contributed by atoms with Crippen LogP contribution in [0.15, 0.2) is 36.4 Å². The Morgan fingerprint density at radius 3 is 2.16 bits per heavy atom. The van der Waals surface area contributed by atoms with Gasteiger partial charge >= 0.3 is 0 Å². The first-order valence-corrected chi connectivity index (χ1v) is 15.9. The molecule has 12 nitrogen and oxygen atoms in total. The number of carbonyl (C=O) groups excluding carboxylic acids is 3. The van der Waals surface area contributed by atoms with E-state index in [9.17, 15) is 19.6 Å². The average molecular weight is 612 g/mol. The van der Waals surface area contributed by atoms with Crippen LogP contribution in [0.4, 0.5) is 0 Å². The second-order valence-corrected chi connectivity index (χ2v) is 11.7. The number of fused-ring (bicyclic) bond motifs is 2. The van der Waals surface area contributed by atoms with Crippen LogP contribution in [-0.2, 0) is 23.1 Å². The molecule has 1 aliphatic heterocycles. The van der Waals surface area contributed by atoms with E-state index < -0.39 is 5.41 Å². The smallest absolute Gasteiger partial charge is 0.251 e. The van der Waals surface area contributed by atoms with Crippen molar-refractivity contribution < 1.29 is 14.4 Å². The summed E-state index contributed by atoms with van der Waals surface area (Å²) in [6.45, 7) is 7.58. The number of hydrogen-bond acceptors (Lipinski definition) is 8. The van der Waals surface area contributed by atoms with E-state index in [1.165, 1.54) is 0 Å². The predicted molar refractivity (Wildman–Crippen MR) is 167 cm³/mol. The van der Waals surface area contributed by atoms with Gasteiger partial charge in [0.05, 0.1) is 18.0 Å². The summed E-state index contributed by atoms with van der Waals surface area (Å²) >= 11 is 0. The molecule has 0 spiro atoms. The predicted octanol–water partition coefficient (Wildman–Crippen LogP) is 2.40. The summed E-state index contributed by atoms with van der Waals surface area (Å²) in [5, 5.41) is 34.3. The van der Waals surface area contributed by atoms with E-state index in [2.05, 4.69) is 49.6 Å². The van der Waals surface area contributed by atoms with Gasteiger partial charge in [-0.3, -0.25) is 14.4 Å². The molecule has 2 heterocycles. The Labute approximate surface area is 263 Å². The highest BCUT2D eigenvalue weighted by Crippen LogP contribution is 2.47. The number of likely N-dealkylation sites (tertiary alicyclic amines) is 1. The lowest BCUT2D eigenvalue weighted by molar-refractivity contribution is -0.130. The molecule has 0 bridgehead atoms. The van der Waals surface area contributed by atoms with Gasteiger partial charge in [0.1, 0.15) is 6.04 Å². The molecule has 3 aromatic rings. The van der Waals surface area contributed by atoms with E-state index in [4.69, 9.17) is 0 Å². The Morgan fingerprint density at radius 2 is 1.64 bits per heavy atom. The Morgan fingerprint density at radius 1 is 1.02 bits per heavy atom. The molecule has 12 heteroatoms. The van der Waals surface area contributed by atoms with E-state index in [0.29, 0.717) is 68.7 Å². The Balaban J connectivity index is 1.61. The first-order chi connectivity index (χ1) is 21.9. The maximum absolute atomic E-state index is 13.2. The van der Waals surface area contributed by atoms with Gasteiger partial charge in [0, 0.05) is 36.8 Å². The fourth-order valence-electron chi connectivity index (χ4n) is 6.83. The van der Waals surface area contributed by atoms with Crippen molar-refractivity contribution in [3.63, 3.8) is 0 Å². The van der Waals surface area contributed by atoms with Crippen LogP contribution >= 0.6 is 0 Å². The monoisotopic (exact) mass is 611 g/mol. The summed E-state index contributed by atoms with van der Waals surface area (Å²) in [5.74, 6) is 0.167. The molecule has 1 aliphatic carbocycles. The van der Waals surface area contributed by atoms with Crippen LogP contribution in [0.25, 0.3) is 0 Å². The molecule has 45 heavy (non-hydrogen) atoms. The van der Waals surface area contributed by atoms with Crippen molar-refractivity contribution in [2.45, 2.75) is 76.8 Å². The van der Waals surface area contributed by atoms with Gasteiger partial charge in [-0.2, -0.15) is 5.26 Å². The number of amides is 3. The molecular formula is C33H41N9O3. The molecule has 1 saturated heterocycles. The number of aromatic amines is 1. The number of carbonyl (C=O) groups is 3. The molecule has 4 N–H and O–H groups in total. The largest absolute Gasteiger partial charge is 0.352 e. The van der Waals surface area contributed by atoms with Gasteiger partial charge in [0.2, 0.25) is 5.91 Å². The average Bonchev–Trinajstić information content (AvgIpc) is 3.75. The van der Waals surface area contributed by atoms with Crippen molar-refractivity contribution in [3.05, 3.63) is 75.6 Å². The minimum atomic E-state index is -0.885. The zero-order chi connectivity index (χ0) is 32.0. The van der Waals surface area contributed by atoms with Crippen molar-refractivity contribution >= 4 is 17.7 Å². The number of tetrazole rings is 1. The highest BCUT2D eigenvalue weighted by Gasteiger charge is 2.45. The molecular weight excluding hydrogens is 570 g/mol. The van der Waals surface area contributed by atoms with Crippen LogP contribution in [0.5, 0.6) is 0 Å². The topological polar surface area (TPSA) is 169 Å². The SMILES string of the molecule is CCNC(=O)c1ccc2c(c1)CCc1cc(C(=O)NCC)ccc1C2(C[C@H](CC)NCC(=O)N1CCCC1C#N)c1nnn[nH]1. The first kappa shape index (κ1) is 31.8. The highest BCUT2D eigenvalue weighted by atomic mass is 16.2. The Kier molecular flexibility index (Phi) is 9.88. The van der Waals surface area contributed by atoms with Crippen LogP contribution in [0.2, 0.25) is 0 Å². The summed E-state index contributed by atoms with van der Waals surface area (Å²) in [6, 6.07) is 13.3. The molecule has 2 aromatic carbocycles. The minimum Gasteiger partial charge on any atom is -0.352 e.